The highest BCUT2D eigenvalue weighted by Gasteiger charge is 2.18. The Balaban J connectivity index is 1.68. The van der Waals surface area contributed by atoms with Crippen molar-refractivity contribution in [1.82, 2.24) is 15.6 Å². The molecule has 2 heterocycles. The van der Waals surface area contributed by atoms with Gasteiger partial charge in [-0.25, -0.2) is 0 Å². The number of carbonyl (C=O) groups is 2. The van der Waals surface area contributed by atoms with Crippen molar-refractivity contribution in [2.75, 3.05) is 13.2 Å². The van der Waals surface area contributed by atoms with E-state index in [1.807, 2.05) is 6.07 Å². The largest absolute Gasteiger partial charge is 0.376 e. The predicted molar refractivity (Wildman–Crippen MR) is 68.1 cm³/mol. The Hall–Kier alpha value is -1.95. The number of aromatic nitrogens is 1. The summed E-state index contributed by atoms with van der Waals surface area (Å²) in [5.41, 5.74) is 0.711. The van der Waals surface area contributed by atoms with Gasteiger partial charge in [0.25, 0.3) is 0 Å². The minimum absolute atomic E-state index is 0.0348. The first-order chi connectivity index (χ1) is 9.25. The van der Waals surface area contributed by atoms with Crippen LogP contribution in [-0.4, -0.2) is 36.1 Å². The van der Waals surface area contributed by atoms with Crippen molar-refractivity contribution in [3.63, 3.8) is 0 Å². The van der Waals surface area contributed by atoms with E-state index in [1.54, 1.807) is 18.3 Å². The van der Waals surface area contributed by atoms with Crippen LogP contribution in [0.3, 0.4) is 0 Å². The molecule has 2 amide bonds. The van der Waals surface area contributed by atoms with Gasteiger partial charge in [-0.3, -0.25) is 14.6 Å². The van der Waals surface area contributed by atoms with E-state index in [0.717, 1.165) is 19.4 Å². The molecule has 1 aliphatic rings. The van der Waals surface area contributed by atoms with Gasteiger partial charge in [-0.1, -0.05) is 6.07 Å². The summed E-state index contributed by atoms with van der Waals surface area (Å²) in [6.45, 7) is 1.36. The fourth-order valence-electron chi connectivity index (χ4n) is 1.85. The standard InChI is InChI=1S/C13H17N3O3/c17-12(15-8-10-4-1-2-6-14-10)13(18)16-9-11-5-3-7-19-11/h1-2,4,6,11H,3,5,7-9H2,(H,15,17)(H,16,18). The molecule has 0 spiro atoms. The molecule has 1 aliphatic heterocycles. The van der Waals surface area contributed by atoms with Gasteiger partial charge < -0.3 is 15.4 Å². The zero-order valence-electron chi connectivity index (χ0n) is 10.6. The van der Waals surface area contributed by atoms with E-state index in [4.69, 9.17) is 4.74 Å². The van der Waals surface area contributed by atoms with Gasteiger partial charge in [0.15, 0.2) is 0 Å². The van der Waals surface area contributed by atoms with Crippen molar-refractivity contribution >= 4 is 11.8 Å². The minimum atomic E-state index is -0.649. The first-order valence-corrected chi connectivity index (χ1v) is 6.33. The van der Waals surface area contributed by atoms with Crippen LogP contribution in [0.25, 0.3) is 0 Å². The second-order valence-electron chi connectivity index (χ2n) is 4.35. The number of hydrogen-bond acceptors (Lipinski definition) is 4. The summed E-state index contributed by atoms with van der Waals surface area (Å²) in [6.07, 6.45) is 3.61. The monoisotopic (exact) mass is 263 g/mol. The van der Waals surface area contributed by atoms with E-state index in [2.05, 4.69) is 15.6 Å². The maximum Gasteiger partial charge on any atom is 0.309 e. The molecule has 1 aromatic rings. The Morgan fingerprint density at radius 3 is 2.84 bits per heavy atom. The molecule has 1 atom stereocenters. The summed E-state index contributed by atoms with van der Waals surface area (Å²) < 4.78 is 5.36. The molecule has 1 aromatic heterocycles. The van der Waals surface area contributed by atoms with E-state index >= 15 is 0 Å². The molecule has 1 unspecified atom stereocenters. The van der Waals surface area contributed by atoms with Gasteiger partial charge in [0.2, 0.25) is 0 Å². The Bertz CT molecular complexity index is 430. The van der Waals surface area contributed by atoms with Crippen LogP contribution in [0.5, 0.6) is 0 Å². The van der Waals surface area contributed by atoms with Gasteiger partial charge in [-0.05, 0) is 25.0 Å². The second kappa shape index (κ2) is 6.84. The third-order valence-corrected chi connectivity index (χ3v) is 2.88. The van der Waals surface area contributed by atoms with E-state index in [1.165, 1.54) is 0 Å². The van der Waals surface area contributed by atoms with E-state index in [0.29, 0.717) is 12.2 Å². The summed E-state index contributed by atoms with van der Waals surface area (Å²) >= 11 is 0. The van der Waals surface area contributed by atoms with Crippen LogP contribution >= 0.6 is 0 Å². The van der Waals surface area contributed by atoms with E-state index < -0.39 is 11.8 Å². The third kappa shape index (κ3) is 4.33. The highest BCUT2D eigenvalue weighted by molar-refractivity contribution is 6.35. The Morgan fingerprint density at radius 2 is 2.16 bits per heavy atom. The number of ether oxygens (including phenoxy) is 1. The molecular weight excluding hydrogens is 246 g/mol. The predicted octanol–water partition coefficient (Wildman–Crippen LogP) is -0.00700. The third-order valence-electron chi connectivity index (χ3n) is 2.88. The SMILES string of the molecule is O=C(NCc1ccccn1)C(=O)NCC1CCCO1. The first kappa shape index (κ1) is 13.5. The van der Waals surface area contributed by atoms with Gasteiger partial charge >= 0.3 is 11.8 Å². The summed E-state index contributed by atoms with van der Waals surface area (Å²) in [4.78, 5) is 27.1. The van der Waals surface area contributed by atoms with Crippen molar-refractivity contribution in [3.05, 3.63) is 30.1 Å². The fourth-order valence-corrected chi connectivity index (χ4v) is 1.85. The maximum atomic E-state index is 11.5. The van der Waals surface area contributed by atoms with Crippen molar-refractivity contribution in [1.29, 1.82) is 0 Å². The first-order valence-electron chi connectivity index (χ1n) is 6.33. The van der Waals surface area contributed by atoms with Crippen LogP contribution in [0.1, 0.15) is 18.5 Å². The molecule has 1 saturated heterocycles. The van der Waals surface area contributed by atoms with Crippen molar-refractivity contribution in [3.8, 4) is 0 Å². The van der Waals surface area contributed by atoms with Crippen molar-refractivity contribution in [2.45, 2.75) is 25.5 Å². The molecule has 0 bridgehead atoms. The van der Waals surface area contributed by atoms with Crippen LogP contribution < -0.4 is 10.6 Å². The summed E-state index contributed by atoms with van der Waals surface area (Å²) in [5.74, 6) is -1.28. The lowest BCUT2D eigenvalue weighted by Crippen LogP contribution is -2.42. The molecule has 1 fully saturated rings. The number of nitrogens with one attached hydrogen (secondary N) is 2. The Labute approximate surface area is 111 Å². The van der Waals surface area contributed by atoms with Crippen molar-refractivity contribution < 1.29 is 14.3 Å². The zero-order chi connectivity index (χ0) is 13.5. The average molecular weight is 263 g/mol. The van der Waals surface area contributed by atoms with E-state index in [-0.39, 0.29) is 12.6 Å². The van der Waals surface area contributed by atoms with E-state index in [9.17, 15) is 9.59 Å². The smallest absolute Gasteiger partial charge is 0.309 e. The van der Waals surface area contributed by atoms with Crippen LogP contribution in [0.2, 0.25) is 0 Å². The molecule has 0 aliphatic carbocycles. The van der Waals surface area contributed by atoms with Crippen LogP contribution in [0.4, 0.5) is 0 Å². The van der Waals surface area contributed by atoms with Gasteiger partial charge in [-0.2, -0.15) is 0 Å². The minimum Gasteiger partial charge on any atom is -0.376 e. The van der Waals surface area contributed by atoms with Gasteiger partial charge in [0, 0.05) is 19.3 Å². The summed E-state index contributed by atoms with van der Waals surface area (Å²) in [6, 6.07) is 5.40. The molecule has 6 heteroatoms. The number of amides is 2. The number of rotatable bonds is 4. The molecule has 6 nitrogen and oxygen atoms in total. The number of carbonyl (C=O) groups excluding carboxylic acids is 2. The molecule has 2 N–H and O–H groups in total. The lowest BCUT2D eigenvalue weighted by Gasteiger charge is -2.10. The topological polar surface area (TPSA) is 80.3 Å². The second-order valence-corrected chi connectivity index (χ2v) is 4.35. The molecule has 0 radical (unpaired) electrons. The van der Waals surface area contributed by atoms with Crippen molar-refractivity contribution in [2.24, 2.45) is 0 Å². The molecule has 2 rings (SSSR count). The fraction of sp³-hybridized carbons (Fsp3) is 0.462. The maximum absolute atomic E-state index is 11.5. The average Bonchev–Trinajstić information content (AvgIpc) is 2.96. The summed E-state index contributed by atoms with van der Waals surface area (Å²) in [5, 5.41) is 5.08. The van der Waals surface area contributed by atoms with Gasteiger partial charge in [0.1, 0.15) is 0 Å². The lowest BCUT2D eigenvalue weighted by molar-refractivity contribution is -0.139. The molecule has 0 aromatic carbocycles. The Kier molecular flexibility index (Phi) is 4.85. The van der Waals surface area contributed by atoms with Gasteiger partial charge in [-0.15, -0.1) is 0 Å². The number of hydrogen-bond donors (Lipinski definition) is 2. The molecular formula is C13H17N3O3. The van der Waals surface area contributed by atoms with Crippen LogP contribution in [-0.2, 0) is 20.9 Å². The lowest BCUT2D eigenvalue weighted by atomic mass is 10.2. The van der Waals surface area contributed by atoms with Gasteiger partial charge in [0.05, 0.1) is 18.3 Å². The molecule has 0 saturated carbocycles. The molecule has 102 valence electrons. The molecule has 19 heavy (non-hydrogen) atoms. The Morgan fingerprint density at radius 1 is 1.32 bits per heavy atom. The zero-order valence-corrected chi connectivity index (χ0v) is 10.6. The normalized spacial score (nSPS) is 18.0. The van der Waals surface area contributed by atoms with Crippen LogP contribution in [0.15, 0.2) is 24.4 Å². The van der Waals surface area contributed by atoms with Crippen LogP contribution in [0, 0.1) is 0 Å². The summed E-state index contributed by atoms with van der Waals surface area (Å²) in [7, 11) is 0. The highest BCUT2D eigenvalue weighted by atomic mass is 16.5. The number of nitrogens with zero attached hydrogens (tertiary/aromatic N) is 1. The quantitative estimate of drug-likeness (QED) is 0.749. The highest BCUT2D eigenvalue weighted by Crippen LogP contribution is 2.10. The number of pyridine rings is 1.